The van der Waals surface area contributed by atoms with Gasteiger partial charge < -0.3 is 9.42 Å². The summed E-state index contributed by atoms with van der Waals surface area (Å²) in [5.41, 5.74) is 1.07. The third-order valence-electron chi connectivity index (χ3n) is 3.76. The van der Waals surface area contributed by atoms with Crippen LogP contribution in [-0.4, -0.2) is 35.9 Å². The number of nitrogens with zero attached hydrogens (tertiary/aromatic N) is 3. The molecule has 2 N–H and O–H groups in total. The zero-order valence-corrected chi connectivity index (χ0v) is 13.3. The molecule has 1 amide bonds. The van der Waals surface area contributed by atoms with Crippen molar-refractivity contribution in [2.24, 2.45) is 5.14 Å². The van der Waals surface area contributed by atoms with Gasteiger partial charge in [0.2, 0.25) is 0 Å². The van der Waals surface area contributed by atoms with Crippen LogP contribution < -0.4 is 5.14 Å². The van der Waals surface area contributed by atoms with Crippen LogP contribution in [0.3, 0.4) is 0 Å². The van der Waals surface area contributed by atoms with Crippen LogP contribution in [0.15, 0.2) is 33.9 Å². The Morgan fingerprint density at radius 2 is 2.22 bits per heavy atom. The van der Waals surface area contributed by atoms with Crippen LogP contribution in [0.5, 0.6) is 0 Å². The molecule has 23 heavy (non-hydrogen) atoms. The summed E-state index contributed by atoms with van der Waals surface area (Å²) in [7, 11) is -3.87. The van der Waals surface area contributed by atoms with E-state index in [-0.39, 0.29) is 17.0 Å². The van der Waals surface area contributed by atoms with Crippen molar-refractivity contribution >= 4 is 15.9 Å². The van der Waals surface area contributed by atoms with Crippen molar-refractivity contribution in [2.45, 2.75) is 30.8 Å². The van der Waals surface area contributed by atoms with E-state index in [0.717, 1.165) is 18.5 Å². The first-order chi connectivity index (χ1) is 10.9. The lowest BCUT2D eigenvalue weighted by Gasteiger charge is -2.22. The molecule has 1 aliphatic heterocycles. The van der Waals surface area contributed by atoms with Gasteiger partial charge in [-0.25, -0.2) is 18.5 Å². The van der Waals surface area contributed by atoms with E-state index in [9.17, 15) is 13.2 Å². The van der Waals surface area contributed by atoms with Gasteiger partial charge in [0.05, 0.1) is 17.3 Å². The molecule has 1 saturated heterocycles. The summed E-state index contributed by atoms with van der Waals surface area (Å²) in [6.07, 6.45) is 2.88. The summed E-state index contributed by atoms with van der Waals surface area (Å²) in [5, 5.41) is 8.60. The molecule has 0 bridgehead atoms. The van der Waals surface area contributed by atoms with Gasteiger partial charge in [0.1, 0.15) is 0 Å². The molecular weight excluding hydrogens is 320 g/mol. The summed E-state index contributed by atoms with van der Waals surface area (Å²) in [6, 6.07) is 4.29. The number of rotatable bonds is 3. The Bertz CT molecular complexity index is 829. The van der Waals surface area contributed by atoms with Crippen LogP contribution in [0.1, 0.15) is 40.7 Å². The second kappa shape index (κ2) is 5.74. The molecule has 3 rings (SSSR count). The number of carbonyl (C=O) groups excluding carboxylic acids is 1. The molecule has 0 spiro atoms. The summed E-state index contributed by atoms with van der Waals surface area (Å²) < 4.78 is 27.7. The summed E-state index contributed by atoms with van der Waals surface area (Å²) in [5.74, 6) is 0.428. The summed E-state index contributed by atoms with van der Waals surface area (Å²) >= 11 is 0. The minimum absolute atomic E-state index is 0.165. The number of nitrogens with two attached hydrogens (primary N) is 1. The average Bonchev–Trinajstić information content (AvgIpc) is 3.14. The monoisotopic (exact) mass is 336 g/mol. The fourth-order valence-corrected chi connectivity index (χ4v) is 3.14. The average molecular weight is 336 g/mol. The molecule has 8 nitrogen and oxygen atoms in total. The van der Waals surface area contributed by atoms with Crippen molar-refractivity contribution in [2.75, 3.05) is 6.54 Å². The quantitative estimate of drug-likeness (QED) is 0.893. The second-order valence-corrected chi connectivity index (χ2v) is 6.97. The van der Waals surface area contributed by atoms with Crippen molar-refractivity contribution in [3.8, 4) is 0 Å². The Kier molecular flexibility index (Phi) is 3.90. The van der Waals surface area contributed by atoms with Crippen molar-refractivity contribution in [1.82, 2.24) is 15.0 Å². The number of sulfonamides is 1. The maximum Gasteiger partial charge on any atom is 0.256 e. The molecule has 1 aliphatic rings. The fraction of sp³-hybridized carbons (Fsp3) is 0.357. The Hall–Kier alpha value is -2.26. The molecule has 1 unspecified atom stereocenters. The summed E-state index contributed by atoms with van der Waals surface area (Å²) in [6.45, 7) is 2.42. The molecule has 3 heterocycles. The van der Waals surface area contributed by atoms with Crippen molar-refractivity contribution < 1.29 is 17.7 Å². The van der Waals surface area contributed by atoms with Gasteiger partial charge in [-0.2, -0.15) is 0 Å². The maximum absolute atomic E-state index is 12.6. The number of hydrogen-bond acceptors (Lipinski definition) is 6. The van der Waals surface area contributed by atoms with E-state index >= 15 is 0 Å². The van der Waals surface area contributed by atoms with E-state index in [1.165, 1.54) is 18.3 Å². The van der Waals surface area contributed by atoms with Gasteiger partial charge in [0.25, 0.3) is 15.9 Å². The molecule has 122 valence electrons. The molecule has 9 heteroatoms. The normalized spacial score (nSPS) is 18.3. The minimum atomic E-state index is -3.87. The number of hydrogen-bond donors (Lipinski definition) is 1. The first-order valence-electron chi connectivity index (χ1n) is 7.09. The Morgan fingerprint density at radius 3 is 2.78 bits per heavy atom. The molecule has 0 aliphatic carbocycles. The van der Waals surface area contributed by atoms with Gasteiger partial charge in [-0.05, 0) is 31.9 Å². The molecule has 1 fully saturated rings. The van der Waals surface area contributed by atoms with E-state index < -0.39 is 10.0 Å². The topological polar surface area (TPSA) is 119 Å². The lowest BCUT2D eigenvalue weighted by atomic mass is 10.1. The predicted octanol–water partition coefficient (Wildman–Crippen LogP) is 1.00. The van der Waals surface area contributed by atoms with Gasteiger partial charge >= 0.3 is 0 Å². The van der Waals surface area contributed by atoms with E-state index in [4.69, 9.17) is 9.66 Å². The van der Waals surface area contributed by atoms with Gasteiger partial charge in [0, 0.05) is 18.8 Å². The first kappa shape index (κ1) is 15.6. The van der Waals surface area contributed by atoms with Gasteiger partial charge in [-0.3, -0.25) is 4.79 Å². The number of aromatic nitrogens is 2. The molecule has 0 radical (unpaired) electrons. The zero-order chi connectivity index (χ0) is 16.6. The maximum atomic E-state index is 12.6. The number of amides is 1. The van der Waals surface area contributed by atoms with E-state index in [1.54, 1.807) is 4.90 Å². The van der Waals surface area contributed by atoms with Crippen LogP contribution in [-0.2, 0) is 10.0 Å². The van der Waals surface area contributed by atoms with Crippen LogP contribution in [0, 0.1) is 6.92 Å². The number of primary sulfonamides is 1. The van der Waals surface area contributed by atoms with Crippen LogP contribution in [0.25, 0.3) is 0 Å². The van der Waals surface area contributed by atoms with Crippen LogP contribution >= 0.6 is 0 Å². The van der Waals surface area contributed by atoms with Crippen molar-refractivity contribution in [3.05, 3.63) is 41.4 Å². The number of likely N-dealkylation sites (tertiary alicyclic amines) is 1. The highest BCUT2D eigenvalue weighted by molar-refractivity contribution is 7.89. The highest BCUT2D eigenvalue weighted by Gasteiger charge is 2.33. The van der Waals surface area contributed by atoms with Gasteiger partial charge in [-0.1, -0.05) is 5.16 Å². The second-order valence-electron chi connectivity index (χ2n) is 5.46. The van der Waals surface area contributed by atoms with Crippen molar-refractivity contribution in [1.29, 1.82) is 0 Å². The fourth-order valence-electron chi connectivity index (χ4n) is 2.69. The molecule has 2 aromatic rings. The lowest BCUT2D eigenvalue weighted by molar-refractivity contribution is 0.0714. The van der Waals surface area contributed by atoms with Crippen molar-refractivity contribution in [3.63, 3.8) is 0 Å². The molecular formula is C14H16N4O4S. The third kappa shape index (κ3) is 3.10. The number of aryl methyl sites for hydroxylation is 1. The SMILES string of the molecule is Cc1cc(C2CCCN2C(=O)c2ccc(S(N)(=O)=O)nc2)on1. The first-order valence-corrected chi connectivity index (χ1v) is 8.64. The van der Waals surface area contributed by atoms with Gasteiger partial charge in [-0.15, -0.1) is 0 Å². The highest BCUT2D eigenvalue weighted by Crippen LogP contribution is 2.33. The molecule has 0 aromatic carbocycles. The molecule has 2 aromatic heterocycles. The zero-order valence-electron chi connectivity index (χ0n) is 12.5. The Morgan fingerprint density at radius 1 is 1.43 bits per heavy atom. The Balaban J connectivity index is 1.84. The summed E-state index contributed by atoms with van der Waals surface area (Å²) in [4.78, 5) is 18.1. The third-order valence-corrected chi connectivity index (χ3v) is 4.59. The lowest BCUT2D eigenvalue weighted by Crippen LogP contribution is -2.30. The highest BCUT2D eigenvalue weighted by atomic mass is 32.2. The largest absolute Gasteiger partial charge is 0.359 e. The molecule has 1 atom stereocenters. The van der Waals surface area contributed by atoms with E-state index in [0.29, 0.717) is 17.9 Å². The number of carbonyl (C=O) groups is 1. The van der Waals surface area contributed by atoms with Crippen LogP contribution in [0.4, 0.5) is 0 Å². The van der Waals surface area contributed by atoms with Crippen LogP contribution in [0.2, 0.25) is 0 Å². The minimum Gasteiger partial charge on any atom is -0.359 e. The van der Waals surface area contributed by atoms with Gasteiger partial charge in [0.15, 0.2) is 10.8 Å². The predicted molar refractivity (Wildman–Crippen MR) is 79.9 cm³/mol. The standard InChI is InChI=1S/C14H16N4O4S/c1-9-7-12(22-17-9)11-3-2-6-18(11)14(19)10-4-5-13(16-8-10)23(15,20)21/h4-5,7-8,11H,2-3,6H2,1H3,(H2,15,20,21). The van der Waals surface area contributed by atoms with E-state index in [1.807, 2.05) is 13.0 Å². The molecule has 0 saturated carbocycles. The van der Waals surface area contributed by atoms with E-state index in [2.05, 4.69) is 10.1 Å². The smallest absolute Gasteiger partial charge is 0.256 e. The number of pyridine rings is 1. The Labute approximate surface area is 133 Å².